The third kappa shape index (κ3) is 6.71. The van der Waals surface area contributed by atoms with E-state index in [4.69, 9.17) is 9.47 Å². The van der Waals surface area contributed by atoms with Gasteiger partial charge < -0.3 is 9.47 Å². The lowest BCUT2D eigenvalue weighted by molar-refractivity contribution is 0.0954. The van der Waals surface area contributed by atoms with Gasteiger partial charge >= 0.3 is 0 Å². The second-order valence-electron chi connectivity index (χ2n) is 7.01. The largest absolute Gasteiger partial charge is 0.494 e. The van der Waals surface area contributed by atoms with Crippen molar-refractivity contribution in [1.82, 2.24) is 5.43 Å². The Bertz CT molecular complexity index is 981. The average molecular weight is 417 g/mol. The lowest BCUT2D eigenvalue weighted by Gasteiger charge is -2.09. The number of benzene rings is 3. The molecule has 0 aliphatic rings. The van der Waals surface area contributed by atoms with Gasteiger partial charge in [-0.25, -0.2) is 5.43 Å². The van der Waals surface area contributed by atoms with E-state index in [-0.39, 0.29) is 5.91 Å². The molecule has 0 unspecified atom stereocenters. The average Bonchev–Trinajstić information content (AvgIpc) is 2.82. The van der Waals surface area contributed by atoms with Crippen molar-refractivity contribution in [2.75, 3.05) is 6.61 Å². The summed E-state index contributed by atoms with van der Waals surface area (Å²) in [5, 5.41) is 4.36. The minimum absolute atomic E-state index is 0.233. The Hall–Kier alpha value is -3.60. The molecule has 5 heteroatoms. The molecular formula is C26H28N2O3. The summed E-state index contributed by atoms with van der Waals surface area (Å²) in [5.41, 5.74) is 6.10. The summed E-state index contributed by atoms with van der Waals surface area (Å²) in [6, 6.07) is 24.8. The van der Waals surface area contributed by atoms with Crippen molar-refractivity contribution in [3.05, 3.63) is 95.6 Å². The number of carbonyl (C=O) groups excluding carboxylic acids is 1. The van der Waals surface area contributed by atoms with E-state index < -0.39 is 0 Å². The Morgan fingerprint density at radius 1 is 0.806 bits per heavy atom. The number of nitrogens with one attached hydrogen (secondary N) is 1. The summed E-state index contributed by atoms with van der Waals surface area (Å²) >= 11 is 0. The first-order chi connectivity index (χ1) is 15.2. The van der Waals surface area contributed by atoms with Gasteiger partial charge in [0.25, 0.3) is 5.91 Å². The van der Waals surface area contributed by atoms with Gasteiger partial charge in [-0.1, -0.05) is 55.8 Å². The van der Waals surface area contributed by atoms with E-state index in [1.165, 1.54) is 0 Å². The molecule has 160 valence electrons. The molecule has 0 aromatic heterocycles. The maximum atomic E-state index is 12.5. The summed E-state index contributed by atoms with van der Waals surface area (Å²) < 4.78 is 11.2. The smallest absolute Gasteiger partial charge is 0.271 e. The molecule has 0 aliphatic heterocycles. The summed E-state index contributed by atoms with van der Waals surface area (Å²) in [7, 11) is 0. The minimum atomic E-state index is -0.233. The molecule has 3 aromatic rings. The van der Waals surface area contributed by atoms with Gasteiger partial charge in [-0.05, 0) is 60.9 Å². The van der Waals surface area contributed by atoms with E-state index in [2.05, 4.69) is 17.5 Å². The summed E-state index contributed by atoms with van der Waals surface area (Å²) in [5.74, 6) is 1.36. The highest BCUT2D eigenvalue weighted by Crippen LogP contribution is 2.19. The highest BCUT2D eigenvalue weighted by atomic mass is 16.5. The molecule has 0 saturated heterocycles. The third-order valence-electron chi connectivity index (χ3n) is 4.64. The monoisotopic (exact) mass is 416 g/mol. The zero-order chi connectivity index (χ0) is 21.9. The van der Waals surface area contributed by atoms with Gasteiger partial charge in [-0.2, -0.15) is 5.10 Å². The first-order valence-electron chi connectivity index (χ1n) is 10.6. The second-order valence-corrected chi connectivity index (χ2v) is 7.01. The van der Waals surface area contributed by atoms with Crippen LogP contribution in [0.5, 0.6) is 11.5 Å². The molecule has 3 aromatic carbocycles. The zero-order valence-corrected chi connectivity index (χ0v) is 18.0. The molecule has 5 nitrogen and oxygen atoms in total. The fraction of sp³-hybridized carbons (Fsp3) is 0.231. The lowest BCUT2D eigenvalue weighted by atomic mass is 10.1. The molecule has 0 aliphatic carbocycles. The molecule has 0 heterocycles. The number of ether oxygens (including phenoxy) is 2. The molecule has 31 heavy (non-hydrogen) atoms. The van der Waals surface area contributed by atoms with Crippen LogP contribution in [0.3, 0.4) is 0 Å². The number of hydrazone groups is 1. The second kappa shape index (κ2) is 11.6. The lowest BCUT2D eigenvalue weighted by Crippen LogP contribution is -2.20. The van der Waals surface area contributed by atoms with Gasteiger partial charge in [0.15, 0.2) is 0 Å². The van der Waals surface area contributed by atoms with Gasteiger partial charge in [0, 0.05) is 5.56 Å². The van der Waals surface area contributed by atoms with Gasteiger partial charge in [-0.3, -0.25) is 4.79 Å². The van der Waals surface area contributed by atoms with Gasteiger partial charge in [0.1, 0.15) is 18.1 Å². The fourth-order valence-electron chi connectivity index (χ4n) is 3.03. The Morgan fingerprint density at radius 2 is 1.45 bits per heavy atom. The van der Waals surface area contributed by atoms with Crippen LogP contribution in [0, 0.1) is 0 Å². The quantitative estimate of drug-likeness (QED) is 0.346. The summed E-state index contributed by atoms with van der Waals surface area (Å²) in [6.45, 7) is 5.10. The summed E-state index contributed by atoms with van der Waals surface area (Å²) in [6.07, 6.45) is 1.75. The van der Waals surface area contributed by atoms with Crippen molar-refractivity contribution in [2.24, 2.45) is 5.10 Å². The number of rotatable bonds is 10. The van der Waals surface area contributed by atoms with E-state index in [0.29, 0.717) is 18.8 Å². The van der Waals surface area contributed by atoms with Gasteiger partial charge in [-0.15, -0.1) is 0 Å². The molecule has 1 N–H and O–H groups in total. The number of amides is 1. The molecule has 0 saturated carbocycles. The molecule has 3 rings (SSSR count). The standard InChI is InChI=1S/C26H28N2O3/c1-3-8-25(21-9-6-5-7-10-21)27-28-26(29)22-13-11-20(12-14-22)19-31-24-17-15-23(16-18-24)30-4-2/h5-7,9-18H,3-4,8,19H2,1-2H3,(H,28,29)/b27-25-. The van der Waals surface area contributed by atoms with Crippen LogP contribution in [-0.4, -0.2) is 18.2 Å². The van der Waals surface area contributed by atoms with Crippen LogP contribution < -0.4 is 14.9 Å². The van der Waals surface area contributed by atoms with Crippen LogP contribution in [0.25, 0.3) is 0 Å². The molecule has 0 bridgehead atoms. The fourth-order valence-corrected chi connectivity index (χ4v) is 3.03. The van der Waals surface area contributed by atoms with Gasteiger partial charge in [0.05, 0.1) is 12.3 Å². The molecule has 0 spiro atoms. The molecule has 1 amide bonds. The Morgan fingerprint density at radius 3 is 2.06 bits per heavy atom. The normalized spacial score (nSPS) is 11.1. The van der Waals surface area contributed by atoms with E-state index in [1.54, 1.807) is 12.1 Å². The van der Waals surface area contributed by atoms with E-state index in [9.17, 15) is 4.79 Å². The SMILES string of the molecule is CCC/C(=N/NC(=O)c1ccc(COc2ccc(OCC)cc2)cc1)c1ccccc1. The van der Waals surface area contributed by atoms with Crippen molar-refractivity contribution in [3.63, 3.8) is 0 Å². The van der Waals surface area contributed by atoms with Crippen LogP contribution in [0.15, 0.2) is 84.0 Å². The first kappa shape index (κ1) is 22.1. The number of hydrogen-bond acceptors (Lipinski definition) is 4. The van der Waals surface area contributed by atoms with Crippen LogP contribution in [0.4, 0.5) is 0 Å². The van der Waals surface area contributed by atoms with Crippen molar-refractivity contribution in [3.8, 4) is 11.5 Å². The van der Waals surface area contributed by atoms with Crippen LogP contribution >= 0.6 is 0 Å². The van der Waals surface area contributed by atoms with E-state index in [0.717, 1.165) is 41.2 Å². The van der Waals surface area contributed by atoms with Crippen molar-refractivity contribution < 1.29 is 14.3 Å². The van der Waals surface area contributed by atoms with Gasteiger partial charge in [0.2, 0.25) is 0 Å². The van der Waals surface area contributed by atoms with Crippen molar-refractivity contribution in [1.29, 1.82) is 0 Å². The highest BCUT2D eigenvalue weighted by molar-refractivity contribution is 6.02. The van der Waals surface area contributed by atoms with Crippen molar-refractivity contribution in [2.45, 2.75) is 33.3 Å². The predicted molar refractivity (Wildman–Crippen MR) is 124 cm³/mol. The number of carbonyl (C=O) groups is 1. The molecule has 0 radical (unpaired) electrons. The molecule has 0 fully saturated rings. The highest BCUT2D eigenvalue weighted by Gasteiger charge is 2.07. The maximum Gasteiger partial charge on any atom is 0.271 e. The zero-order valence-electron chi connectivity index (χ0n) is 18.0. The molecule has 0 atom stereocenters. The summed E-state index contributed by atoms with van der Waals surface area (Å²) in [4.78, 5) is 12.5. The minimum Gasteiger partial charge on any atom is -0.494 e. The third-order valence-corrected chi connectivity index (χ3v) is 4.64. The topological polar surface area (TPSA) is 59.9 Å². The van der Waals surface area contributed by atoms with E-state index in [1.807, 2.05) is 73.7 Å². The van der Waals surface area contributed by atoms with Crippen molar-refractivity contribution >= 4 is 11.6 Å². The first-order valence-corrected chi connectivity index (χ1v) is 10.6. The van der Waals surface area contributed by atoms with E-state index >= 15 is 0 Å². The van der Waals surface area contributed by atoms with Crippen LogP contribution in [0.2, 0.25) is 0 Å². The Balaban J connectivity index is 1.56. The Labute approximate surface area is 183 Å². The number of nitrogens with zero attached hydrogens (tertiary/aromatic N) is 1. The Kier molecular flexibility index (Phi) is 8.23. The molecular weight excluding hydrogens is 388 g/mol. The maximum absolute atomic E-state index is 12.5. The van der Waals surface area contributed by atoms with Crippen LogP contribution in [0.1, 0.15) is 48.2 Å². The van der Waals surface area contributed by atoms with Crippen LogP contribution in [-0.2, 0) is 6.61 Å². The number of hydrogen-bond donors (Lipinski definition) is 1. The predicted octanol–water partition coefficient (Wildman–Crippen LogP) is 5.60.